The normalized spacial score (nSPS) is 16.9. The molecule has 1 heterocycles. The lowest BCUT2D eigenvalue weighted by Crippen LogP contribution is -2.37. The van der Waals surface area contributed by atoms with Crippen molar-refractivity contribution >= 4 is 39.1 Å². The van der Waals surface area contributed by atoms with Gasteiger partial charge in [0.2, 0.25) is 5.91 Å². The van der Waals surface area contributed by atoms with E-state index in [1.807, 2.05) is 6.92 Å². The van der Waals surface area contributed by atoms with Crippen LogP contribution in [-0.4, -0.2) is 26.1 Å². The summed E-state index contributed by atoms with van der Waals surface area (Å²) < 4.78 is 41.4. The largest absolute Gasteiger partial charge is 0.310 e. The molecule has 5 nitrogen and oxygen atoms in total. The van der Waals surface area contributed by atoms with Gasteiger partial charge in [-0.25, -0.2) is 12.8 Å². The van der Waals surface area contributed by atoms with E-state index in [0.29, 0.717) is 17.8 Å². The molecule has 26 heavy (non-hydrogen) atoms. The molecule has 0 saturated carbocycles. The van der Waals surface area contributed by atoms with Gasteiger partial charge in [0, 0.05) is 23.6 Å². The highest BCUT2D eigenvalue weighted by atomic mass is 32.2. The number of nitrogens with one attached hydrogen (secondary N) is 1. The van der Waals surface area contributed by atoms with E-state index in [9.17, 15) is 17.6 Å². The molecule has 8 heteroatoms. The Morgan fingerprint density at radius 1 is 1.27 bits per heavy atom. The molecule has 0 saturated heterocycles. The SMILES string of the molecule is CC(=O)N1CC(C)Sc2cc(S(=O)(=O)Nc3ccc(C)c(F)c3)ccc21. The molecule has 0 aromatic heterocycles. The summed E-state index contributed by atoms with van der Waals surface area (Å²) in [5.74, 6) is -0.556. The van der Waals surface area contributed by atoms with Crippen LogP contribution >= 0.6 is 11.8 Å². The monoisotopic (exact) mass is 394 g/mol. The summed E-state index contributed by atoms with van der Waals surface area (Å²) in [6.45, 7) is 5.67. The maximum atomic E-state index is 13.7. The van der Waals surface area contributed by atoms with Crippen LogP contribution in [0.25, 0.3) is 0 Å². The van der Waals surface area contributed by atoms with E-state index >= 15 is 0 Å². The Hall–Kier alpha value is -2.06. The number of anilines is 2. The van der Waals surface area contributed by atoms with Crippen LogP contribution in [0.5, 0.6) is 0 Å². The number of thioether (sulfide) groups is 1. The highest BCUT2D eigenvalue weighted by Gasteiger charge is 2.27. The fourth-order valence-electron chi connectivity index (χ4n) is 2.76. The van der Waals surface area contributed by atoms with Crippen LogP contribution in [0, 0.1) is 12.7 Å². The number of fused-ring (bicyclic) bond motifs is 1. The molecule has 1 aliphatic heterocycles. The van der Waals surface area contributed by atoms with Gasteiger partial charge in [-0.15, -0.1) is 11.8 Å². The maximum absolute atomic E-state index is 13.7. The molecule has 1 amide bonds. The van der Waals surface area contributed by atoms with Crippen LogP contribution in [-0.2, 0) is 14.8 Å². The molecule has 2 aromatic rings. The van der Waals surface area contributed by atoms with Gasteiger partial charge in [0.25, 0.3) is 10.0 Å². The predicted octanol–water partition coefficient (Wildman–Crippen LogP) is 3.78. The summed E-state index contributed by atoms with van der Waals surface area (Å²) in [5, 5.41) is 0.156. The van der Waals surface area contributed by atoms with Crippen molar-refractivity contribution in [1.29, 1.82) is 0 Å². The van der Waals surface area contributed by atoms with Gasteiger partial charge in [-0.3, -0.25) is 9.52 Å². The Morgan fingerprint density at radius 3 is 2.65 bits per heavy atom. The fraction of sp³-hybridized carbons (Fsp3) is 0.278. The van der Waals surface area contributed by atoms with Gasteiger partial charge in [0.15, 0.2) is 0 Å². The van der Waals surface area contributed by atoms with Crippen molar-refractivity contribution < 1.29 is 17.6 Å². The van der Waals surface area contributed by atoms with Gasteiger partial charge < -0.3 is 4.90 Å². The average molecular weight is 394 g/mol. The molecule has 1 N–H and O–H groups in total. The zero-order chi connectivity index (χ0) is 19.1. The third kappa shape index (κ3) is 3.71. The van der Waals surface area contributed by atoms with Gasteiger partial charge >= 0.3 is 0 Å². The molecule has 1 atom stereocenters. The summed E-state index contributed by atoms with van der Waals surface area (Å²) in [6, 6.07) is 8.83. The van der Waals surface area contributed by atoms with Crippen LogP contribution < -0.4 is 9.62 Å². The van der Waals surface area contributed by atoms with E-state index in [2.05, 4.69) is 4.72 Å². The minimum absolute atomic E-state index is 0.0716. The van der Waals surface area contributed by atoms with Gasteiger partial charge in [-0.05, 0) is 42.8 Å². The first kappa shape index (κ1) is 18.7. The lowest BCUT2D eigenvalue weighted by molar-refractivity contribution is -0.116. The molecule has 1 unspecified atom stereocenters. The molecule has 3 rings (SSSR count). The number of hydrogen-bond acceptors (Lipinski definition) is 4. The first-order valence-corrected chi connectivity index (χ1v) is 10.4. The van der Waals surface area contributed by atoms with Gasteiger partial charge in [0.1, 0.15) is 5.82 Å². The van der Waals surface area contributed by atoms with Crippen molar-refractivity contribution in [3.8, 4) is 0 Å². The molecular formula is C18H19FN2O3S2. The summed E-state index contributed by atoms with van der Waals surface area (Å²) in [6.07, 6.45) is 0. The van der Waals surface area contributed by atoms with Gasteiger partial charge in [0.05, 0.1) is 16.3 Å². The average Bonchev–Trinajstić information content (AvgIpc) is 2.56. The number of sulfonamides is 1. The number of rotatable bonds is 3. The van der Waals surface area contributed by atoms with E-state index in [-0.39, 0.29) is 21.7 Å². The summed E-state index contributed by atoms with van der Waals surface area (Å²) in [4.78, 5) is 14.3. The Morgan fingerprint density at radius 2 is 2.00 bits per heavy atom. The molecule has 0 spiro atoms. The van der Waals surface area contributed by atoms with Crippen molar-refractivity contribution in [1.82, 2.24) is 0 Å². The van der Waals surface area contributed by atoms with Gasteiger partial charge in [-0.2, -0.15) is 0 Å². The van der Waals surface area contributed by atoms with E-state index < -0.39 is 15.8 Å². The predicted molar refractivity (Wildman–Crippen MR) is 102 cm³/mol. The fourth-order valence-corrected chi connectivity index (χ4v) is 5.06. The molecular weight excluding hydrogens is 375 g/mol. The van der Waals surface area contributed by atoms with Crippen LogP contribution in [0.1, 0.15) is 19.4 Å². The first-order valence-electron chi connectivity index (χ1n) is 8.05. The summed E-state index contributed by atoms with van der Waals surface area (Å²) >= 11 is 1.53. The Labute approximate surface area is 156 Å². The number of amides is 1. The lowest BCUT2D eigenvalue weighted by atomic mass is 10.2. The second kappa shape index (κ2) is 6.92. The Kier molecular flexibility index (Phi) is 4.98. The highest BCUT2D eigenvalue weighted by molar-refractivity contribution is 8.00. The van der Waals surface area contributed by atoms with E-state index in [0.717, 1.165) is 11.0 Å². The topological polar surface area (TPSA) is 66.5 Å². The Bertz CT molecular complexity index is 976. The maximum Gasteiger partial charge on any atom is 0.261 e. The second-order valence-corrected chi connectivity index (χ2v) is 9.42. The number of hydrogen-bond donors (Lipinski definition) is 1. The minimum Gasteiger partial charge on any atom is -0.310 e. The summed E-state index contributed by atoms with van der Waals surface area (Å²) in [5.41, 5.74) is 1.31. The highest BCUT2D eigenvalue weighted by Crippen LogP contribution is 2.39. The van der Waals surface area contributed by atoms with Crippen molar-refractivity contribution in [2.45, 2.75) is 35.8 Å². The van der Waals surface area contributed by atoms with Crippen molar-refractivity contribution in [3.05, 3.63) is 47.8 Å². The Balaban J connectivity index is 1.95. The third-order valence-electron chi connectivity index (χ3n) is 4.10. The number of carbonyl (C=O) groups is 1. The summed E-state index contributed by atoms with van der Waals surface area (Å²) in [7, 11) is -3.87. The second-order valence-electron chi connectivity index (χ2n) is 6.26. The number of halogens is 1. The molecule has 1 aliphatic rings. The molecule has 2 aromatic carbocycles. The van der Waals surface area contributed by atoms with Crippen molar-refractivity contribution in [2.75, 3.05) is 16.2 Å². The standard InChI is InChI=1S/C18H19FN2O3S2/c1-11-4-5-14(8-16(11)19)20-26(23,24)15-6-7-17-18(9-15)25-12(2)10-21(17)13(3)22/h4-9,12,20H,10H2,1-3H3. The van der Waals surface area contributed by atoms with Crippen molar-refractivity contribution in [3.63, 3.8) is 0 Å². The third-order valence-corrected chi connectivity index (χ3v) is 6.62. The van der Waals surface area contributed by atoms with Crippen molar-refractivity contribution in [2.24, 2.45) is 0 Å². The smallest absolute Gasteiger partial charge is 0.261 e. The van der Waals surface area contributed by atoms with Crippen LogP contribution in [0.3, 0.4) is 0 Å². The molecule has 0 fully saturated rings. The molecule has 0 aliphatic carbocycles. The zero-order valence-corrected chi connectivity index (χ0v) is 16.2. The lowest BCUT2D eigenvalue weighted by Gasteiger charge is -2.32. The van der Waals surface area contributed by atoms with Crippen LogP contribution in [0.2, 0.25) is 0 Å². The molecule has 138 valence electrons. The van der Waals surface area contributed by atoms with E-state index in [1.165, 1.54) is 36.9 Å². The number of nitrogens with zero attached hydrogens (tertiary/aromatic N) is 1. The van der Waals surface area contributed by atoms with E-state index in [4.69, 9.17) is 0 Å². The number of benzene rings is 2. The van der Waals surface area contributed by atoms with E-state index in [1.54, 1.807) is 24.0 Å². The minimum atomic E-state index is -3.87. The van der Waals surface area contributed by atoms with Gasteiger partial charge in [-0.1, -0.05) is 13.0 Å². The van der Waals surface area contributed by atoms with Crippen LogP contribution in [0.15, 0.2) is 46.2 Å². The number of carbonyl (C=O) groups excluding carboxylic acids is 1. The first-order chi connectivity index (χ1) is 12.2. The molecule has 0 radical (unpaired) electrons. The van der Waals surface area contributed by atoms with Crippen LogP contribution in [0.4, 0.5) is 15.8 Å². The quantitative estimate of drug-likeness (QED) is 0.860. The molecule has 0 bridgehead atoms. The zero-order valence-electron chi connectivity index (χ0n) is 14.6. The number of aryl methyl sites for hydroxylation is 1.